The summed E-state index contributed by atoms with van der Waals surface area (Å²) in [6.07, 6.45) is 1.75. The van der Waals surface area contributed by atoms with Crippen LogP contribution >= 0.6 is 0 Å². The number of amides is 12. The van der Waals surface area contributed by atoms with Crippen molar-refractivity contribution in [1.29, 1.82) is 0 Å². The van der Waals surface area contributed by atoms with Gasteiger partial charge in [0.2, 0.25) is 70.9 Å². The smallest absolute Gasteiger partial charge is 0.243 e. The van der Waals surface area contributed by atoms with Gasteiger partial charge in [-0.25, -0.2) is 0 Å². The van der Waals surface area contributed by atoms with Gasteiger partial charge < -0.3 is 139 Å². The molecule has 0 aliphatic rings. The molecule has 0 unspecified atom stereocenters. The molecule has 0 saturated carbocycles. The van der Waals surface area contributed by atoms with E-state index in [4.69, 9.17) is 80.3 Å². The lowest BCUT2D eigenvalue weighted by atomic mass is 9.94. The van der Waals surface area contributed by atoms with Crippen LogP contribution < -0.4 is 139 Å². The van der Waals surface area contributed by atoms with E-state index in [9.17, 15) is 57.5 Å². The summed E-state index contributed by atoms with van der Waals surface area (Å²) in [4.78, 5) is 195. The fourth-order valence-corrected chi connectivity index (χ4v) is 11.1. The van der Waals surface area contributed by atoms with Crippen molar-refractivity contribution in [2.75, 3.05) is 39.3 Å². The lowest BCUT2D eigenvalue weighted by Crippen LogP contribution is -2.63. The van der Waals surface area contributed by atoms with Crippen molar-refractivity contribution in [2.24, 2.45) is 146 Å². The van der Waals surface area contributed by atoms with Gasteiger partial charge in [-0.05, 0) is 119 Å². The van der Waals surface area contributed by atoms with Gasteiger partial charge in [0.25, 0.3) is 0 Å². The molecule has 43 heteroatoms. The molecule has 0 saturated heterocycles. The molecule has 39 N–H and O–H groups in total. The van der Waals surface area contributed by atoms with Crippen LogP contribution in [-0.2, 0) is 57.5 Å². The Hall–Kier alpha value is -10.8. The van der Waals surface area contributed by atoms with Gasteiger partial charge in [-0.1, -0.05) is 95.9 Å². The summed E-state index contributed by atoms with van der Waals surface area (Å²) in [5.74, 6) is -14.4. The molecular formula is C69H135N31O12. The summed E-state index contributed by atoms with van der Waals surface area (Å²) in [6.45, 7) is 20.7. The summed E-state index contributed by atoms with van der Waals surface area (Å²) in [5, 5.41) is 29.9. The average molecular weight is 1590 g/mol. The van der Waals surface area contributed by atoms with E-state index in [0.29, 0.717) is 19.3 Å². The zero-order chi connectivity index (χ0) is 85.7. The molecule has 0 aliphatic carbocycles. The van der Waals surface area contributed by atoms with Gasteiger partial charge in [0, 0.05) is 39.3 Å². The van der Waals surface area contributed by atoms with Crippen LogP contribution in [0.5, 0.6) is 0 Å². The van der Waals surface area contributed by atoms with E-state index in [-0.39, 0.29) is 158 Å². The van der Waals surface area contributed by atoms with Gasteiger partial charge in [-0.15, -0.1) is 0 Å². The van der Waals surface area contributed by atoms with Crippen molar-refractivity contribution in [2.45, 2.75) is 252 Å². The maximum Gasteiger partial charge on any atom is 0.243 e. The molecule has 0 rings (SSSR count). The van der Waals surface area contributed by atoms with Crippen LogP contribution in [0.15, 0.2) is 30.0 Å². The second kappa shape index (κ2) is 54.0. The molecular weight excluding hydrogens is 1450 g/mol. The minimum atomic E-state index is -1.42. The SMILES string of the molecule is CC[C@H](C)[C@H](NC(=O)[C@H](CCCN=C(N)N)NC(=O)[C@H](CCCN=C(N)N)NC(=O)[C@H](CC(C)C)NC(=O)[C@@H](N)CCCN=C(N)N)C(=O)N[C@H](C(=O)N[C@H](C(=O)N[C@H](C(=O)N[C@@H](CCCN=C(N)N)C(=O)N[C@H](C(=O)N[C@@H](CCCN=C(N)N)C(=O)N[C@@H](CCCN=C(N)N)C(N)=O)C(C)C)[C@@H](C)CC)C(C)C)C(C)C. The highest BCUT2D eigenvalue weighted by molar-refractivity contribution is 6.00. The molecule has 0 heterocycles. The lowest BCUT2D eigenvalue weighted by molar-refractivity contribution is -0.138. The Balaban J connectivity index is 7.29. The number of nitrogens with one attached hydrogen (secondary N) is 11. The molecule has 12 amide bonds. The summed E-state index contributed by atoms with van der Waals surface area (Å²) in [5.41, 5.74) is 78.1. The first kappa shape index (κ1) is 101. The molecule has 638 valence electrons. The Kier molecular flexibility index (Phi) is 48.8. The monoisotopic (exact) mass is 1590 g/mol. The molecule has 0 aromatic rings. The van der Waals surface area contributed by atoms with Crippen LogP contribution in [0.25, 0.3) is 0 Å². The third-order valence-corrected chi connectivity index (χ3v) is 17.9. The second-order valence-corrected chi connectivity index (χ2v) is 29.1. The van der Waals surface area contributed by atoms with Crippen molar-refractivity contribution in [3.63, 3.8) is 0 Å². The summed E-state index contributed by atoms with van der Waals surface area (Å²) < 4.78 is 0. The van der Waals surface area contributed by atoms with Crippen LogP contribution in [0, 0.1) is 35.5 Å². The quantitative estimate of drug-likeness (QED) is 0.0153. The first-order chi connectivity index (χ1) is 52.4. The van der Waals surface area contributed by atoms with Crippen molar-refractivity contribution in [3.8, 4) is 0 Å². The maximum absolute atomic E-state index is 14.7. The Morgan fingerprint density at radius 2 is 0.464 bits per heavy atom. The van der Waals surface area contributed by atoms with Gasteiger partial charge >= 0.3 is 0 Å². The van der Waals surface area contributed by atoms with Crippen molar-refractivity contribution in [3.05, 3.63) is 0 Å². The number of carbonyl (C=O) groups excluding carboxylic acids is 12. The van der Waals surface area contributed by atoms with Crippen LogP contribution in [0.2, 0.25) is 0 Å². The predicted molar refractivity (Wildman–Crippen MR) is 431 cm³/mol. The third-order valence-electron chi connectivity index (χ3n) is 17.9. The second-order valence-electron chi connectivity index (χ2n) is 29.1. The van der Waals surface area contributed by atoms with Gasteiger partial charge in [0.1, 0.15) is 66.5 Å². The standard InChI is InChI=1S/C69H135N31O12/c1-13-38(11)50(62(111)94-45(26-20-32-89-69(82)83)56(105)96-47(35(5)6)59(108)93-43(24-18-30-87-67(78)79)54(103)90-41(52(71)101)22-16-28-85-65(74)75)100-61(110)49(37(9)10)97-60(109)48(36(7)8)98-63(112)51(39(12)14-2)99-57(106)44(25-19-31-88-68(80)81)91-55(104)42(23-17-29-86-66(76)77)92-58(107)46(33-34(3)4)95-53(102)40(70)21-15-27-84-64(72)73/h34-51H,13-33,70H2,1-12H3,(H2,71,101)(H,90,103)(H,91,104)(H,92,107)(H,93,108)(H,94,111)(H,95,102)(H,96,105)(H,97,109)(H,98,112)(H,99,106)(H,100,110)(H4,72,73,84)(H4,74,75,85)(H4,76,77,86)(H4,78,79,87)(H4,80,81,88)(H4,82,83,89)/t38-,39-,40-,41-,42-,43-,44-,45-,46-,47-,48-,49-,50-,51-/m0/s1. The minimum absolute atomic E-state index is 0.00623. The molecule has 0 spiro atoms. The molecule has 112 heavy (non-hydrogen) atoms. The molecule has 0 bridgehead atoms. The first-order valence-corrected chi connectivity index (χ1v) is 38.1. The third kappa shape index (κ3) is 41.9. The predicted octanol–water partition coefficient (Wildman–Crippen LogP) is -7.44. The van der Waals surface area contributed by atoms with Gasteiger partial charge in [-0.2, -0.15) is 0 Å². The van der Waals surface area contributed by atoms with E-state index in [1.54, 1.807) is 69.2 Å². The van der Waals surface area contributed by atoms with Crippen LogP contribution in [0.1, 0.15) is 179 Å². The Bertz CT molecular complexity index is 3200. The highest BCUT2D eigenvalue weighted by Gasteiger charge is 2.40. The largest absolute Gasteiger partial charge is 0.370 e. The van der Waals surface area contributed by atoms with E-state index in [0.717, 1.165) is 0 Å². The fraction of sp³-hybridized carbons (Fsp3) is 0.739. The average Bonchev–Trinajstić information content (AvgIpc) is 0.845. The molecule has 0 aromatic carbocycles. The van der Waals surface area contributed by atoms with E-state index < -0.39 is 173 Å². The molecule has 43 nitrogen and oxygen atoms in total. The van der Waals surface area contributed by atoms with Gasteiger partial charge in [0.15, 0.2) is 35.8 Å². The number of nitrogens with two attached hydrogens (primary N) is 14. The first-order valence-electron chi connectivity index (χ1n) is 38.1. The number of aliphatic imine (C=N–C) groups is 6. The molecule has 0 aromatic heterocycles. The number of rotatable bonds is 56. The molecule has 0 aliphatic heterocycles. The minimum Gasteiger partial charge on any atom is -0.370 e. The molecule has 0 radical (unpaired) electrons. The van der Waals surface area contributed by atoms with Crippen LogP contribution in [-0.4, -0.2) is 218 Å². The van der Waals surface area contributed by atoms with Crippen LogP contribution in [0.3, 0.4) is 0 Å². The Labute approximate surface area is 657 Å². The summed E-state index contributed by atoms with van der Waals surface area (Å²) in [6, 6.07) is -15.8. The van der Waals surface area contributed by atoms with Crippen LogP contribution in [0.4, 0.5) is 0 Å². The zero-order valence-electron chi connectivity index (χ0n) is 67.4. The number of carbonyl (C=O) groups is 12. The van der Waals surface area contributed by atoms with Crippen molar-refractivity contribution in [1.82, 2.24) is 58.5 Å². The number of hydrogen-bond acceptors (Lipinski definition) is 19. The van der Waals surface area contributed by atoms with Gasteiger partial charge in [-0.3, -0.25) is 87.5 Å². The zero-order valence-corrected chi connectivity index (χ0v) is 67.4. The summed E-state index contributed by atoms with van der Waals surface area (Å²) >= 11 is 0. The topological polar surface area (TPSA) is 776 Å². The summed E-state index contributed by atoms with van der Waals surface area (Å²) in [7, 11) is 0. The lowest BCUT2D eigenvalue weighted by Gasteiger charge is -2.32. The molecule has 14 atom stereocenters. The highest BCUT2D eigenvalue weighted by Crippen LogP contribution is 2.17. The van der Waals surface area contributed by atoms with E-state index in [1.165, 1.54) is 0 Å². The number of hydrogen-bond donors (Lipinski definition) is 25. The highest BCUT2D eigenvalue weighted by atomic mass is 16.2. The fourth-order valence-electron chi connectivity index (χ4n) is 11.1. The van der Waals surface area contributed by atoms with E-state index >= 15 is 0 Å². The van der Waals surface area contributed by atoms with E-state index in [2.05, 4.69) is 88.4 Å². The van der Waals surface area contributed by atoms with Crippen molar-refractivity contribution >= 4 is 107 Å². The number of guanidine groups is 6. The Morgan fingerprint density at radius 1 is 0.259 bits per heavy atom. The number of primary amides is 1. The maximum atomic E-state index is 14.7. The van der Waals surface area contributed by atoms with E-state index in [1.807, 2.05) is 13.8 Å². The van der Waals surface area contributed by atoms with Gasteiger partial charge in [0.05, 0.1) is 6.04 Å². The number of nitrogens with zero attached hydrogens (tertiary/aromatic N) is 6. The normalized spacial score (nSPS) is 14.9. The Morgan fingerprint density at radius 3 is 0.741 bits per heavy atom. The molecule has 0 fully saturated rings. The van der Waals surface area contributed by atoms with Crippen molar-refractivity contribution < 1.29 is 57.5 Å².